The van der Waals surface area contributed by atoms with Crippen LogP contribution < -0.4 is 15.0 Å². The maximum absolute atomic E-state index is 13.3. The molecule has 0 aliphatic carbocycles. The Kier molecular flexibility index (Phi) is 4.96. The van der Waals surface area contributed by atoms with Crippen molar-refractivity contribution in [3.8, 4) is 5.75 Å². The smallest absolute Gasteiger partial charge is 0.337 e. The van der Waals surface area contributed by atoms with Crippen LogP contribution in [0.4, 0.5) is 10.8 Å². The quantitative estimate of drug-likeness (QED) is 0.597. The molecule has 0 radical (unpaired) electrons. The van der Waals surface area contributed by atoms with Crippen LogP contribution in [0.5, 0.6) is 5.75 Å². The molecule has 2 aliphatic heterocycles. The fourth-order valence-corrected chi connectivity index (χ4v) is 5.52. The Morgan fingerprint density at radius 1 is 1.29 bits per heavy atom. The molecule has 31 heavy (non-hydrogen) atoms. The van der Waals surface area contributed by atoms with Crippen molar-refractivity contribution in [2.45, 2.75) is 18.5 Å². The third-order valence-electron chi connectivity index (χ3n) is 5.59. The van der Waals surface area contributed by atoms with Gasteiger partial charge in [0.25, 0.3) is 5.91 Å². The predicted molar refractivity (Wildman–Crippen MR) is 118 cm³/mol. The number of anilines is 2. The third kappa shape index (κ3) is 3.38. The van der Waals surface area contributed by atoms with E-state index in [2.05, 4.69) is 10.2 Å². The number of carbonyl (C=O) groups excluding carboxylic acids is 1. The molecule has 0 spiro atoms. The van der Waals surface area contributed by atoms with Crippen LogP contribution in [0.1, 0.15) is 27.1 Å². The Labute approximate surface area is 186 Å². The Bertz CT molecular complexity index is 1200. The number of halogens is 1. The number of amides is 1. The van der Waals surface area contributed by atoms with Crippen LogP contribution in [0.2, 0.25) is 5.02 Å². The van der Waals surface area contributed by atoms with Crippen molar-refractivity contribution < 1.29 is 24.2 Å². The lowest BCUT2D eigenvalue weighted by Crippen LogP contribution is -2.64. The number of morpholine rings is 1. The van der Waals surface area contributed by atoms with E-state index in [9.17, 15) is 14.7 Å². The van der Waals surface area contributed by atoms with E-state index in [0.717, 1.165) is 11.6 Å². The van der Waals surface area contributed by atoms with Crippen LogP contribution in [0, 0.1) is 0 Å². The van der Waals surface area contributed by atoms with Gasteiger partial charge in [0.15, 0.2) is 5.13 Å². The summed E-state index contributed by atoms with van der Waals surface area (Å²) in [5.41, 5.74) is 1.05. The van der Waals surface area contributed by atoms with Gasteiger partial charge in [-0.1, -0.05) is 22.9 Å². The van der Waals surface area contributed by atoms with Gasteiger partial charge in [0, 0.05) is 5.02 Å². The molecule has 5 rings (SSSR count). The highest BCUT2D eigenvalue weighted by Crippen LogP contribution is 2.42. The Balaban J connectivity index is 1.55. The van der Waals surface area contributed by atoms with E-state index in [4.69, 9.17) is 26.1 Å². The number of hydrogen-bond acceptors (Lipinski definition) is 7. The number of benzene rings is 2. The first-order chi connectivity index (χ1) is 15.0. The number of ether oxygens (including phenoxy) is 2. The SMILES string of the molecule is COc1ccc2nc(N3C4COCC3C4)sc2c1C(=O)Nc1cc(Cl)ccc1C(=O)O. The number of carboxylic acid groups (broad SMARTS) is 1. The van der Waals surface area contributed by atoms with Crippen molar-refractivity contribution in [1.29, 1.82) is 0 Å². The van der Waals surface area contributed by atoms with Crippen molar-refractivity contribution in [2.24, 2.45) is 0 Å². The molecule has 0 saturated carbocycles. The van der Waals surface area contributed by atoms with Crippen molar-refractivity contribution >= 4 is 55.8 Å². The van der Waals surface area contributed by atoms with Crippen molar-refractivity contribution in [1.82, 2.24) is 4.98 Å². The second kappa shape index (κ2) is 7.67. The molecule has 2 N–H and O–H groups in total. The summed E-state index contributed by atoms with van der Waals surface area (Å²) < 4.78 is 11.7. The molecular weight excluding hydrogens is 442 g/mol. The van der Waals surface area contributed by atoms with Gasteiger partial charge in [0.05, 0.1) is 53.9 Å². The van der Waals surface area contributed by atoms with Gasteiger partial charge in [0.1, 0.15) is 11.3 Å². The van der Waals surface area contributed by atoms with Gasteiger partial charge in [-0.05, 0) is 36.8 Å². The predicted octanol–water partition coefficient (Wildman–Crippen LogP) is 3.89. The van der Waals surface area contributed by atoms with Crippen molar-refractivity contribution in [2.75, 3.05) is 30.5 Å². The minimum absolute atomic E-state index is 0.0534. The lowest BCUT2D eigenvalue weighted by Gasteiger charge is -2.52. The number of aromatic carboxylic acids is 1. The number of aromatic nitrogens is 1. The second-order valence-electron chi connectivity index (χ2n) is 7.42. The summed E-state index contributed by atoms with van der Waals surface area (Å²) in [6, 6.07) is 8.36. The zero-order chi connectivity index (χ0) is 21.7. The molecule has 160 valence electrons. The number of thiazole rings is 1. The average molecular weight is 460 g/mol. The zero-order valence-corrected chi connectivity index (χ0v) is 18.0. The second-order valence-corrected chi connectivity index (χ2v) is 8.84. The molecule has 3 heterocycles. The number of nitrogens with one attached hydrogen (secondary N) is 1. The van der Waals surface area contributed by atoms with Crippen LogP contribution in [0.3, 0.4) is 0 Å². The van der Waals surface area contributed by atoms with Gasteiger partial charge in [-0.3, -0.25) is 4.79 Å². The standard InChI is InChI=1S/C21H18ClN3O5S/c1-29-16-5-4-14-18(31-21(24-14)25-11-7-12(25)9-30-8-11)17(16)19(26)23-15-6-10(22)2-3-13(15)20(27)28/h2-6,11-12H,7-9H2,1H3,(H,23,26)(H,27,28). The first-order valence-corrected chi connectivity index (χ1v) is 10.8. The molecule has 10 heteroatoms. The maximum Gasteiger partial charge on any atom is 0.337 e. The van der Waals surface area contributed by atoms with Gasteiger partial charge in [-0.25, -0.2) is 9.78 Å². The molecule has 2 atom stereocenters. The lowest BCUT2D eigenvalue weighted by atomic mass is 9.92. The van der Waals surface area contributed by atoms with Crippen LogP contribution in [0.25, 0.3) is 10.2 Å². The Morgan fingerprint density at radius 2 is 2.06 bits per heavy atom. The number of rotatable bonds is 5. The molecule has 1 amide bonds. The van der Waals surface area contributed by atoms with Gasteiger partial charge >= 0.3 is 5.97 Å². The number of hydrogen-bond donors (Lipinski definition) is 2. The summed E-state index contributed by atoms with van der Waals surface area (Å²) in [6.45, 7) is 1.35. The minimum atomic E-state index is -1.16. The number of methoxy groups -OCH3 is 1. The van der Waals surface area contributed by atoms with E-state index in [0.29, 0.717) is 51.8 Å². The molecule has 2 aromatic carbocycles. The Hall–Kier alpha value is -2.88. The third-order valence-corrected chi connectivity index (χ3v) is 6.92. The van der Waals surface area contributed by atoms with Crippen LogP contribution in [-0.2, 0) is 4.74 Å². The minimum Gasteiger partial charge on any atom is -0.496 e. The highest BCUT2D eigenvalue weighted by atomic mass is 35.5. The summed E-state index contributed by atoms with van der Waals surface area (Å²) in [5.74, 6) is -1.27. The van der Waals surface area contributed by atoms with Gasteiger partial charge < -0.3 is 24.8 Å². The summed E-state index contributed by atoms with van der Waals surface area (Å²) in [5, 5.41) is 13.3. The van der Waals surface area contributed by atoms with Crippen LogP contribution in [-0.4, -0.2) is 54.4 Å². The van der Waals surface area contributed by atoms with E-state index in [1.807, 2.05) is 6.07 Å². The molecule has 1 aromatic heterocycles. The molecule has 2 aliphatic rings. The van der Waals surface area contributed by atoms with E-state index >= 15 is 0 Å². The molecule has 2 fully saturated rings. The molecule has 2 bridgehead atoms. The average Bonchev–Trinajstić information content (AvgIpc) is 3.16. The summed E-state index contributed by atoms with van der Waals surface area (Å²) in [6.07, 6.45) is 1.08. The normalized spacial score (nSPS) is 19.7. The largest absolute Gasteiger partial charge is 0.496 e. The summed E-state index contributed by atoms with van der Waals surface area (Å²) >= 11 is 7.44. The van der Waals surface area contributed by atoms with Crippen LogP contribution >= 0.6 is 22.9 Å². The molecule has 2 saturated heterocycles. The highest BCUT2D eigenvalue weighted by Gasteiger charge is 2.44. The van der Waals surface area contributed by atoms with E-state index < -0.39 is 11.9 Å². The Morgan fingerprint density at radius 3 is 2.74 bits per heavy atom. The number of carboxylic acids is 1. The first-order valence-electron chi connectivity index (χ1n) is 9.64. The number of fused-ring (bicyclic) bond motifs is 3. The fraction of sp³-hybridized carbons (Fsp3) is 0.286. The summed E-state index contributed by atoms with van der Waals surface area (Å²) in [4.78, 5) is 31.8. The topological polar surface area (TPSA) is 101 Å². The van der Waals surface area contributed by atoms with Gasteiger partial charge in [-0.2, -0.15) is 0 Å². The molecule has 8 nitrogen and oxygen atoms in total. The molecular formula is C21H18ClN3O5S. The maximum atomic E-state index is 13.3. The first kappa shape index (κ1) is 20.0. The molecule has 2 unspecified atom stereocenters. The van der Waals surface area contributed by atoms with E-state index in [1.165, 1.54) is 36.6 Å². The summed E-state index contributed by atoms with van der Waals surface area (Å²) in [7, 11) is 1.49. The zero-order valence-electron chi connectivity index (χ0n) is 16.4. The fourth-order valence-electron chi connectivity index (χ4n) is 4.10. The molecule has 3 aromatic rings. The van der Waals surface area contributed by atoms with E-state index in [1.54, 1.807) is 6.07 Å². The lowest BCUT2D eigenvalue weighted by molar-refractivity contribution is 0.0103. The van der Waals surface area contributed by atoms with Crippen LogP contribution in [0.15, 0.2) is 30.3 Å². The van der Waals surface area contributed by atoms with E-state index in [-0.39, 0.29) is 11.3 Å². The highest BCUT2D eigenvalue weighted by molar-refractivity contribution is 7.22. The number of nitrogens with zero attached hydrogens (tertiary/aromatic N) is 2. The van der Waals surface area contributed by atoms with Crippen molar-refractivity contribution in [3.63, 3.8) is 0 Å². The number of carbonyl (C=O) groups is 2. The monoisotopic (exact) mass is 459 g/mol. The van der Waals surface area contributed by atoms with Crippen molar-refractivity contribution in [3.05, 3.63) is 46.5 Å². The van der Waals surface area contributed by atoms with Gasteiger partial charge in [-0.15, -0.1) is 0 Å². The van der Waals surface area contributed by atoms with Gasteiger partial charge in [0.2, 0.25) is 0 Å².